The van der Waals surface area contributed by atoms with E-state index in [0.717, 1.165) is 0 Å². The van der Waals surface area contributed by atoms with Gasteiger partial charge in [0.05, 0.1) is 25.9 Å². The molecule has 5 heterocycles. The molecule has 0 aromatic rings. The average molecular weight is 509 g/mol. The molecule has 13 heteroatoms. The summed E-state index contributed by atoms with van der Waals surface area (Å²) >= 11 is 0. The van der Waals surface area contributed by atoms with Gasteiger partial charge in [0.2, 0.25) is 0 Å². The lowest BCUT2D eigenvalue weighted by Crippen LogP contribution is -2.66. The summed E-state index contributed by atoms with van der Waals surface area (Å²) < 4.78 is 45.7. The van der Waals surface area contributed by atoms with Crippen LogP contribution in [0.3, 0.4) is 0 Å². The summed E-state index contributed by atoms with van der Waals surface area (Å²) in [6.45, 7) is 5.52. The fourth-order valence-electron chi connectivity index (χ4n) is 5.44. The Bertz CT molecular complexity index is 723. The molecular formula is C22H36O13. The molecule has 5 rings (SSSR count). The first-order chi connectivity index (χ1) is 16.7. The number of fused-ring (bicyclic) bond motifs is 3. The Hall–Kier alpha value is -0.520. The van der Waals surface area contributed by atoms with E-state index in [1.807, 2.05) is 13.8 Å². The summed E-state index contributed by atoms with van der Waals surface area (Å²) in [7, 11) is 0. The van der Waals surface area contributed by atoms with Gasteiger partial charge in [0.15, 0.2) is 25.2 Å². The van der Waals surface area contributed by atoms with Crippen LogP contribution < -0.4 is 0 Å². The maximum absolute atomic E-state index is 10.9. The quantitative estimate of drug-likeness (QED) is 0.262. The van der Waals surface area contributed by atoms with Crippen molar-refractivity contribution in [2.75, 3.05) is 19.8 Å². The number of aliphatic hydroxyl groups is 5. The van der Waals surface area contributed by atoms with Crippen molar-refractivity contribution in [2.24, 2.45) is 11.8 Å². The molecule has 5 aliphatic heterocycles. The lowest BCUT2D eigenvalue weighted by atomic mass is 9.86. The zero-order valence-electron chi connectivity index (χ0n) is 19.9. The molecule has 13 nitrogen and oxygen atoms in total. The summed E-state index contributed by atoms with van der Waals surface area (Å²) in [4.78, 5) is 0. The molecule has 0 aromatic heterocycles. The van der Waals surface area contributed by atoms with Crippen LogP contribution in [-0.4, -0.2) is 132 Å². The highest BCUT2D eigenvalue weighted by Crippen LogP contribution is 2.39. The highest BCUT2D eigenvalue weighted by Gasteiger charge is 2.54. The van der Waals surface area contributed by atoms with Crippen LogP contribution in [-0.2, 0) is 37.9 Å². The van der Waals surface area contributed by atoms with E-state index in [4.69, 9.17) is 37.9 Å². The van der Waals surface area contributed by atoms with Crippen molar-refractivity contribution in [3.05, 3.63) is 0 Å². The first-order valence-electron chi connectivity index (χ1n) is 12.2. The van der Waals surface area contributed by atoms with Gasteiger partial charge in [-0.3, -0.25) is 0 Å². The average Bonchev–Trinajstić information content (AvgIpc) is 3.30. The summed E-state index contributed by atoms with van der Waals surface area (Å²) in [6.07, 6.45) is -14.2. The van der Waals surface area contributed by atoms with Gasteiger partial charge >= 0.3 is 0 Å². The number of hydrogen-bond donors (Lipinski definition) is 5. The number of aliphatic hydroxyl groups excluding tert-OH is 5. The smallest absolute Gasteiger partial charge is 0.187 e. The first-order valence-corrected chi connectivity index (χ1v) is 12.2. The molecule has 0 saturated carbocycles. The van der Waals surface area contributed by atoms with E-state index in [0.29, 0.717) is 6.61 Å². The van der Waals surface area contributed by atoms with Crippen LogP contribution in [0.5, 0.6) is 0 Å². The minimum Gasteiger partial charge on any atom is -0.394 e. The molecule has 0 amide bonds. The van der Waals surface area contributed by atoms with Crippen molar-refractivity contribution in [1.29, 1.82) is 0 Å². The second-order valence-electron chi connectivity index (χ2n) is 10.0. The molecule has 35 heavy (non-hydrogen) atoms. The van der Waals surface area contributed by atoms with Crippen LogP contribution >= 0.6 is 0 Å². The standard InChI is InChI=1S/C22H36O13/c1-7-8(2)20-29-6-11(32-20)17(7)34-21-15(26)13(24)18(10(4-23)31-21)35-22-16(27)14(25)19-12(33-22)5-28-9(3)30-19/h7-27H,4-6H2,1-3H3/t7?,8?,9?,10?,11-,12?,13+,14+,15?,16?,17-,18-,19-,20?,21-,22-/m0/s1. The zero-order chi connectivity index (χ0) is 25.0. The van der Waals surface area contributed by atoms with Crippen molar-refractivity contribution >= 4 is 0 Å². The van der Waals surface area contributed by atoms with Crippen LogP contribution in [0.4, 0.5) is 0 Å². The van der Waals surface area contributed by atoms with Crippen LogP contribution in [0.25, 0.3) is 0 Å². The summed E-state index contributed by atoms with van der Waals surface area (Å²) in [5.41, 5.74) is 0. The number of ether oxygens (including phenoxy) is 8. The SMILES string of the molecule is CC1OCC2O[C@@H](O[C@H]3C(CO)O[C@@H](O[C@H]4C(C)C(C)C5OC[C@@H]4O5)C(O)[C@H]3O)C(O)[C@@H](O)[C@H]2O1. The van der Waals surface area contributed by atoms with E-state index in [9.17, 15) is 25.5 Å². The topological polar surface area (TPSA) is 175 Å². The monoisotopic (exact) mass is 508 g/mol. The van der Waals surface area contributed by atoms with Crippen LogP contribution in [0.15, 0.2) is 0 Å². The van der Waals surface area contributed by atoms with E-state index >= 15 is 0 Å². The van der Waals surface area contributed by atoms with Crippen LogP contribution in [0.2, 0.25) is 0 Å². The van der Waals surface area contributed by atoms with Crippen molar-refractivity contribution in [1.82, 2.24) is 0 Å². The third-order valence-electron chi connectivity index (χ3n) is 7.76. The molecule has 2 bridgehead atoms. The van der Waals surface area contributed by atoms with Gasteiger partial charge < -0.3 is 63.4 Å². The normalized spacial score (nSPS) is 56.6. The Morgan fingerprint density at radius 1 is 0.686 bits per heavy atom. The second-order valence-corrected chi connectivity index (χ2v) is 10.0. The molecular weight excluding hydrogens is 472 g/mol. The molecule has 0 aromatic carbocycles. The Balaban J connectivity index is 1.25. The van der Waals surface area contributed by atoms with Crippen molar-refractivity contribution in [2.45, 2.75) is 107 Å². The summed E-state index contributed by atoms with van der Waals surface area (Å²) in [5.74, 6) is 0.0728. The molecule has 0 aliphatic carbocycles. The summed E-state index contributed by atoms with van der Waals surface area (Å²) in [5, 5.41) is 52.8. The van der Waals surface area contributed by atoms with Gasteiger partial charge in [0, 0.05) is 5.92 Å². The Labute approximate surface area is 202 Å². The molecule has 5 N–H and O–H groups in total. The molecule has 202 valence electrons. The molecule has 5 fully saturated rings. The third-order valence-corrected chi connectivity index (χ3v) is 7.76. The summed E-state index contributed by atoms with van der Waals surface area (Å²) in [6, 6.07) is 0. The van der Waals surface area contributed by atoms with E-state index in [1.165, 1.54) is 0 Å². The zero-order valence-corrected chi connectivity index (χ0v) is 19.9. The van der Waals surface area contributed by atoms with Gasteiger partial charge in [0.1, 0.15) is 54.9 Å². The number of hydrogen-bond acceptors (Lipinski definition) is 13. The minimum absolute atomic E-state index is 0.0265. The Kier molecular flexibility index (Phi) is 7.70. The van der Waals surface area contributed by atoms with Crippen molar-refractivity contribution < 1.29 is 63.4 Å². The molecule has 5 saturated heterocycles. The van der Waals surface area contributed by atoms with Crippen molar-refractivity contribution in [3.63, 3.8) is 0 Å². The first kappa shape index (κ1) is 26.1. The maximum Gasteiger partial charge on any atom is 0.187 e. The predicted molar refractivity (Wildman–Crippen MR) is 111 cm³/mol. The fraction of sp³-hybridized carbons (Fsp3) is 1.00. The van der Waals surface area contributed by atoms with Gasteiger partial charge in [-0.25, -0.2) is 0 Å². The lowest BCUT2D eigenvalue weighted by molar-refractivity contribution is -0.386. The predicted octanol–water partition coefficient (Wildman–Crippen LogP) is -2.57. The van der Waals surface area contributed by atoms with Gasteiger partial charge in [-0.05, 0) is 12.8 Å². The van der Waals surface area contributed by atoms with E-state index < -0.39 is 80.4 Å². The van der Waals surface area contributed by atoms with Crippen molar-refractivity contribution in [3.8, 4) is 0 Å². The molecule has 5 aliphatic rings. The maximum atomic E-state index is 10.9. The lowest BCUT2D eigenvalue weighted by Gasteiger charge is -2.49. The van der Waals surface area contributed by atoms with Gasteiger partial charge in [-0.2, -0.15) is 0 Å². The third kappa shape index (κ3) is 4.76. The van der Waals surface area contributed by atoms with Gasteiger partial charge in [-0.15, -0.1) is 0 Å². The highest BCUT2D eigenvalue weighted by atomic mass is 16.8. The van der Waals surface area contributed by atoms with Gasteiger partial charge in [-0.1, -0.05) is 13.8 Å². The van der Waals surface area contributed by atoms with Crippen LogP contribution in [0.1, 0.15) is 20.8 Å². The Morgan fingerprint density at radius 3 is 2.09 bits per heavy atom. The highest BCUT2D eigenvalue weighted by molar-refractivity contribution is 4.97. The van der Waals surface area contributed by atoms with Gasteiger partial charge in [0.25, 0.3) is 0 Å². The van der Waals surface area contributed by atoms with E-state index in [1.54, 1.807) is 6.92 Å². The minimum atomic E-state index is -1.56. The molecule has 0 spiro atoms. The second kappa shape index (κ2) is 10.3. The molecule has 16 atom stereocenters. The van der Waals surface area contributed by atoms with E-state index in [2.05, 4.69) is 0 Å². The molecule has 8 unspecified atom stereocenters. The van der Waals surface area contributed by atoms with Crippen LogP contribution in [0, 0.1) is 11.8 Å². The Morgan fingerprint density at radius 2 is 1.34 bits per heavy atom. The molecule has 0 radical (unpaired) electrons. The number of rotatable bonds is 5. The fourth-order valence-corrected chi connectivity index (χ4v) is 5.44. The van der Waals surface area contributed by atoms with E-state index in [-0.39, 0.29) is 30.8 Å². The largest absolute Gasteiger partial charge is 0.394 e.